The molecule has 0 bridgehead atoms. The van der Waals surface area contributed by atoms with E-state index in [1.54, 1.807) is 12.1 Å². The summed E-state index contributed by atoms with van der Waals surface area (Å²) >= 11 is 0. The first-order chi connectivity index (χ1) is 9.49. The van der Waals surface area contributed by atoms with Gasteiger partial charge in [-0.3, -0.25) is 0 Å². The molecular weight excluding hydrogens is 265 g/mol. The first-order valence-corrected chi connectivity index (χ1v) is 7.11. The zero-order valence-electron chi connectivity index (χ0n) is 11.7. The monoisotopic (exact) mass is 286 g/mol. The summed E-state index contributed by atoms with van der Waals surface area (Å²) in [5.41, 5.74) is 0.308. The molecule has 2 nitrogen and oxygen atoms in total. The van der Waals surface area contributed by atoms with Gasteiger partial charge in [0.05, 0.1) is 5.56 Å². The van der Waals surface area contributed by atoms with Gasteiger partial charge in [0, 0.05) is 19.1 Å². The Labute approximate surface area is 118 Å². The molecule has 1 N–H and O–H groups in total. The van der Waals surface area contributed by atoms with E-state index >= 15 is 0 Å². The van der Waals surface area contributed by atoms with Gasteiger partial charge in [0.15, 0.2) is 0 Å². The minimum Gasteiger partial charge on any atom is -0.309 e. The van der Waals surface area contributed by atoms with Crippen LogP contribution in [0.5, 0.6) is 0 Å². The van der Waals surface area contributed by atoms with Crippen molar-refractivity contribution in [2.45, 2.75) is 38.5 Å². The van der Waals surface area contributed by atoms with E-state index in [4.69, 9.17) is 0 Å². The molecule has 1 aliphatic heterocycles. The van der Waals surface area contributed by atoms with Gasteiger partial charge in [-0.05, 0) is 43.6 Å². The number of rotatable bonds is 4. The summed E-state index contributed by atoms with van der Waals surface area (Å²) < 4.78 is 37.4. The maximum atomic E-state index is 12.5. The minimum atomic E-state index is -4.25. The third-order valence-corrected chi connectivity index (χ3v) is 3.83. The largest absolute Gasteiger partial charge is 0.416 e. The minimum absolute atomic E-state index is 0.436. The molecule has 1 fully saturated rings. The molecule has 2 rings (SSSR count). The van der Waals surface area contributed by atoms with Crippen LogP contribution in [0.25, 0.3) is 0 Å². The lowest BCUT2D eigenvalue weighted by Gasteiger charge is -2.32. The maximum Gasteiger partial charge on any atom is 0.416 e. The molecule has 1 atom stereocenters. The van der Waals surface area contributed by atoms with Crippen LogP contribution in [0.15, 0.2) is 24.3 Å². The normalized spacial score (nSPS) is 21.1. The Hall–Kier alpha value is -1.07. The Morgan fingerprint density at radius 1 is 1.25 bits per heavy atom. The molecule has 0 saturated carbocycles. The van der Waals surface area contributed by atoms with Crippen LogP contribution in [0.2, 0.25) is 0 Å². The van der Waals surface area contributed by atoms with Gasteiger partial charge >= 0.3 is 6.18 Å². The van der Waals surface area contributed by atoms with Crippen molar-refractivity contribution < 1.29 is 13.2 Å². The molecule has 0 aliphatic carbocycles. The average molecular weight is 286 g/mol. The summed E-state index contributed by atoms with van der Waals surface area (Å²) in [7, 11) is 0. The molecule has 1 aliphatic rings. The Balaban J connectivity index is 1.85. The maximum absolute atomic E-state index is 12.5. The molecule has 1 aromatic carbocycles. The van der Waals surface area contributed by atoms with Crippen molar-refractivity contribution in [2.24, 2.45) is 0 Å². The summed E-state index contributed by atoms with van der Waals surface area (Å²) in [5.74, 6) is 0. The molecule has 0 amide bonds. The number of alkyl halides is 3. The summed E-state index contributed by atoms with van der Waals surface area (Å²) in [4.78, 5) is 2.40. The standard InChI is InChI=1S/C15H21F3N2/c1-2-20-9-3-4-14(11-20)19-10-12-5-7-13(8-6-12)15(16,17)18/h5-8,14,19H,2-4,9-11H2,1H3. The molecule has 20 heavy (non-hydrogen) atoms. The van der Waals surface area contributed by atoms with E-state index in [0.717, 1.165) is 43.8 Å². The second kappa shape index (κ2) is 6.59. The van der Waals surface area contributed by atoms with Crippen molar-refractivity contribution >= 4 is 0 Å². The molecule has 1 aromatic rings. The number of halogens is 3. The number of benzene rings is 1. The highest BCUT2D eigenvalue weighted by atomic mass is 19.4. The quantitative estimate of drug-likeness (QED) is 0.914. The van der Waals surface area contributed by atoms with Crippen molar-refractivity contribution in [3.05, 3.63) is 35.4 Å². The fourth-order valence-corrected chi connectivity index (χ4v) is 2.58. The van der Waals surface area contributed by atoms with Gasteiger partial charge in [0.1, 0.15) is 0 Å². The van der Waals surface area contributed by atoms with E-state index in [-0.39, 0.29) is 0 Å². The summed E-state index contributed by atoms with van der Waals surface area (Å²) in [6, 6.07) is 5.84. The highest BCUT2D eigenvalue weighted by molar-refractivity contribution is 5.24. The smallest absolute Gasteiger partial charge is 0.309 e. The second-order valence-corrected chi connectivity index (χ2v) is 5.31. The SMILES string of the molecule is CCN1CCCC(NCc2ccc(C(F)(F)F)cc2)C1. The van der Waals surface area contributed by atoms with Gasteiger partial charge in [-0.2, -0.15) is 13.2 Å². The van der Waals surface area contributed by atoms with Crippen LogP contribution >= 0.6 is 0 Å². The van der Waals surface area contributed by atoms with Gasteiger partial charge < -0.3 is 10.2 Å². The van der Waals surface area contributed by atoms with E-state index in [2.05, 4.69) is 17.1 Å². The van der Waals surface area contributed by atoms with Crippen LogP contribution in [-0.4, -0.2) is 30.6 Å². The topological polar surface area (TPSA) is 15.3 Å². The van der Waals surface area contributed by atoms with E-state index in [9.17, 15) is 13.2 Å². The first kappa shape index (κ1) is 15.3. The number of likely N-dealkylation sites (tertiary alicyclic amines) is 1. The van der Waals surface area contributed by atoms with E-state index in [0.29, 0.717) is 12.6 Å². The van der Waals surface area contributed by atoms with Gasteiger partial charge in [-0.1, -0.05) is 19.1 Å². The number of piperidine rings is 1. The number of nitrogens with zero attached hydrogens (tertiary/aromatic N) is 1. The predicted molar refractivity (Wildman–Crippen MR) is 73.4 cm³/mol. The van der Waals surface area contributed by atoms with Crippen LogP contribution in [0.3, 0.4) is 0 Å². The molecule has 112 valence electrons. The van der Waals surface area contributed by atoms with E-state index in [1.165, 1.54) is 6.42 Å². The fraction of sp³-hybridized carbons (Fsp3) is 0.600. The van der Waals surface area contributed by atoms with Crippen molar-refractivity contribution in [3.63, 3.8) is 0 Å². The Kier molecular flexibility index (Phi) is 5.05. The molecule has 5 heteroatoms. The Morgan fingerprint density at radius 3 is 2.55 bits per heavy atom. The summed E-state index contributed by atoms with van der Waals surface area (Å²) in [6.07, 6.45) is -1.94. The zero-order chi connectivity index (χ0) is 14.6. The van der Waals surface area contributed by atoms with Crippen LogP contribution in [0.1, 0.15) is 30.9 Å². The van der Waals surface area contributed by atoms with Crippen molar-refractivity contribution in [3.8, 4) is 0 Å². The fourth-order valence-electron chi connectivity index (χ4n) is 2.58. The molecule has 0 spiro atoms. The lowest BCUT2D eigenvalue weighted by molar-refractivity contribution is -0.137. The average Bonchev–Trinajstić information content (AvgIpc) is 2.45. The molecule has 0 radical (unpaired) electrons. The van der Waals surface area contributed by atoms with Crippen molar-refractivity contribution in [1.29, 1.82) is 0 Å². The lowest BCUT2D eigenvalue weighted by atomic mass is 10.0. The van der Waals surface area contributed by atoms with Crippen LogP contribution < -0.4 is 5.32 Å². The molecule has 0 aromatic heterocycles. The Morgan fingerprint density at radius 2 is 1.95 bits per heavy atom. The van der Waals surface area contributed by atoms with Crippen molar-refractivity contribution in [1.82, 2.24) is 10.2 Å². The number of hydrogen-bond donors (Lipinski definition) is 1. The van der Waals surface area contributed by atoms with Crippen LogP contribution in [0.4, 0.5) is 13.2 Å². The number of nitrogens with one attached hydrogen (secondary N) is 1. The third kappa shape index (κ3) is 4.21. The van der Waals surface area contributed by atoms with E-state index in [1.807, 2.05) is 0 Å². The summed E-state index contributed by atoms with van der Waals surface area (Å²) in [5, 5.41) is 3.44. The molecular formula is C15H21F3N2. The summed E-state index contributed by atoms with van der Waals surface area (Å²) in [6.45, 7) is 6.00. The Bertz CT molecular complexity index is 414. The lowest BCUT2D eigenvalue weighted by Crippen LogP contribution is -2.45. The van der Waals surface area contributed by atoms with Gasteiger partial charge in [-0.15, -0.1) is 0 Å². The predicted octanol–water partition coefficient (Wildman–Crippen LogP) is 3.28. The highest BCUT2D eigenvalue weighted by Crippen LogP contribution is 2.29. The van der Waals surface area contributed by atoms with Crippen molar-refractivity contribution in [2.75, 3.05) is 19.6 Å². The number of likely N-dealkylation sites (N-methyl/N-ethyl adjacent to an activating group) is 1. The van der Waals surface area contributed by atoms with Crippen LogP contribution in [-0.2, 0) is 12.7 Å². The third-order valence-electron chi connectivity index (χ3n) is 3.83. The first-order valence-electron chi connectivity index (χ1n) is 7.11. The van der Waals surface area contributed by atoms with E-state index < -0.39 is 11.7 Å². The van der Waals surface area contributed by atoms with Gasteiger partial charge in [0.2, 0.25) is 0 Å². The van der Waals surface area contributed by atoms with Crippen LogP contribution in [0, 0.1) is 0 Å². The zero-order valence-corrected chi connectivity index (χ0v) is 11.7. The molecule has 1 unspecified atom stereocenters. The van der Waals surface area contributed by atoms with Gasteiger partial charge in [0.25, 0.3) is 0 Å². The molecule has 1 heterocycles. The highest BCUT2D eigenvalue weighted by Gasteiger charge is 2.29. The second-order valence-electron chi connectivity index (χ2n) is 5.31. The van der Waals surface area contributed by atoms with Gasteiger partial charge in [-0.25, -0.2) is 0 Å². The molecule has 1 saturated heterocycles. The number of hydrogen-bond acceptors (Lipinski definition) is 2.